The Labute approximate surface area is 269 Å². The summed E-state index contributed by atoms with van der Waals surface area (Å²) in [6.07, 6.45) is 0. The van der Waals surface area contributed by atoms with Crippen LogP contribution < -0.4 is 0 Å². The van der Waals surface area contributed by atoms with Gasteiger partial charge >= 0.3 is 0 Å². The van der Waals surface area contributed by atoms with Gasteiger partial charge in [0.1, 0.15) is 11.0 Å². The highest BCUT2D eigenvalue weighted by molar-refractivity contribution is 7.00. The zero-order valence-electron chi connectivity index (χ0n) is 24.6. The molecule has 6 aromatic carbocycles. The summed E-state index contributed by atoms with van der Waals surface area (Å²) in [6, 6.07) is 52.7. The number of rotatable bonds is 5. The SMILES string of the molecule is c1ccc(-c2cc(-c3cccc(-c4ccc(-n5c6ccccc6c6c7nsnc7ccc65)cc4)c3)nc(-c3ccccc3)n2)cc1. The summed E-state index contributed by atoms with van der Waals surface area (Å²) in [7, 11) is 0. The maximum Gasteiger partial charge on any atom is 0.160 e. The molecule has 0 saturated carbocycles. The molecule has 0 unspecified atom stereocenters. The van der Waals surface area contributed by atoms with Crippen molar-refractivity contribution in [1.82, 2.24) is 23.3 Å². The van der Waals surface area contributed by atoms with Crippen LogP contribution in [0.3, 0.4) is 0 Å². The standard InChI is InChI=1S/C40H25N5S/c1-3-10-27(11-4-1)34-25-35(42-40(41-34)28-12-5-2-6-13-28)30-15-9-14-29(24-30)26-18-20-31(21-19-26)45-36-17-8-7-16-32(36)38-37(45)23-22-33-39(38)44-46-43-33/h1-25H. The van der Waals surface area contributed by atoms with Gasteiger partial charge in [-0.25, -0.2) is 9.97 Å². The molecule has 0 saturated heterocycles. The van der Waals surface area contributed by atoms with E-state index in [1.165, 1.54) is 17.1 Å². The van der Waals surface area contributed by atoms with Crippen molar-refractivity contribution >= 4 is 44.6 Å². The molecular weight excluding hydrogens is 583 g/mol. The lowest BCUT2D eigenvalue weighted by Crippen LogP contribution is -1.96. The maximum atomic E-state index is 5.03. The molecule has 46 heavy (non-hydrogen) atoms. The molecule has 6 heteroatoms. The Kier molecular flexibility index (Phi) is 6.25. The third-order valence-corrected chi connectivity index (χ3v) is 9.05. The lowest BCUT2D eigenvalue weighted by Gasteiger charge is -2.11. The van der Waals surface area contributed by atoms with Crippen molar-refractivity contribution in [3.8, 4) is 50.7 Å². The van der Waals surface area contributed by atoms with Crippen LogP contribution in [0.5, 0.6) is 0 Å². The summed E-state index contributed by atoms with van der Waals surface area (Å²) in [5.41, 5.74) is 12.4. The maximum absolute atomic E-state index is 5.03. The molecule has 0 amide bonds. The smallest absolute Gasteiger partial charge is 0.160 e. The van der Waals surface area contributed by atoms with Crippen LogP contribution >= 0.6 is 11.7 Å². The minimum atomic E-state index is 0.712. The number of hydrogen-bond acceptors (Lipinski definition) is 5. The zero-order chi connectivity index (χ0) is 30.5. The molecule has 0 radical (unpaired) electrons. The van der Waals surface area contributed by atoms with Crippen molar-refractivity contribution < 1.29 is 0 Å². The van der Waals surface area contributed by atoms with Gasteiger partial charge in [-0.3, -0.25) is 0 Å². The third-order valence-electron chi connectivity index (χ3n) is 8.51. The summed E-state index contributed by atoms with van der Waals surface area (Å²) in [6.45, 7) is 0. The molecular formula is C40H25N5S. The summed E-state index contributed by atoms with van der Waals surface area (Å²) in [5.74, 6) is 0.712. The summed E-state index contributed by atoms with van der Waals surface area (Å²) < 4.78 is 11.4. The molecule has 3 heterocycles. The van der Waals surface area contributed by atoms with Gasteiger partial charge in [0.05, 0.1) is 34.1 Å². The van der Waals surface area contributed by atoms with Crippen LogP contribution in [0, 0.1) is 0 Å². The van der Waals surface area contributed by atoms with Gasteiger partial charge in [-0.1, -0.05) is 109 Å². The quantitative estimate of drug-likeness (QED) is 0.195. The first-order valence-corrected chi connectivity index (χ1v) is 15.9. The Bertz CT molecular complexity index is 2460. The van der Waals surface area contributed by atoms with E-state index in [2.05, 4.69) is 129 Å². The predicted octanol–water partition coefficient (Wildman–Crippen LogP) is 10.2. The van der Waals surface area contributed by atoms with E-state index in [0.717, 1.165) is 72.3 Å². The highest BCUT2D eigenvalue weighted by Crippen LogP contribution is 2.37. The largest absolute Gasteiger partial charge is 0.309 e. The monoisotopic (exact) mass is 607 g/mol. The van der Waals surface area contributed by atoms with E-state index < -0.39 is 0 Å². The lowest BCUT2D eigenvalue weighted by atomic mass is 10.0. The van der Waals surface area contributed by atoms with E-state index in [-0.39, 0.29) is 0 Å². The molecule has 0 bridgehead atoms. The van der Waals surface area contributed by atoms with E-state index in [9.17, 15) is 0 Å². The van der Waals surface area contributed by atoms with Gasteiger partial charge in [0.25, 0.3) is 0 Å². The Morgan fingerprint density at radius 3 is 1.93 bits per heavy atom. The Morgan fingerprint density at radius 2 is 1.13 bits per heavy atom. The summed E-state index contributed by atoms with van der Waals surface area (Å²) in [4.78, 5) is 9.98. The average Bonchev–Trinajstić information content (AvgIpc) is 3.75. The molecule has 5 nitrogen and oxygen atoms in total. The molecule has 0 atom stereocenters. The molecule has 0 spiro atoms. The number of benzene rings is 6. The van der Waals surface area contributed by atoms with Crippen LogP contribution in [-0.2, 0) is 0 Å². The second kappa shape index (κ2) is 10.9. The Balaban J connectivity index is 1.13. The molecule has 0 N–H and O–H groups in total. The highest BCUT2D eigenvalue weighted by Gasteiger charge is 2.17. The normalized spacial score (nSPS) is 11.5. The molecule has 0 aliphatic rings. The molecule has 9 rings (SSSR count). The minimum Gasteiger partial charge on any atom is -0.309 e. The van der Waals surface area contributed by atoms with Gasteiger partial charge < -0.3 is 4.57 Å². The lowest BCUT2D eigenvalue weighted by molar-refractivity contribution is 1.18. The van der Waals surface area contributed by atoms with E-state index in [4.69, 9.17) is 9.97 Å². The van der Waals surface area contributed by atoms with Crippen molar-refractivity contribution in [1.29, 1.82) is 0 Å². The van der Waals surface area contributed by atoms with Crippen LogP contribution in [0.4, 0.5) is 0 Å². The molecule has 0 aliphatic carbocycles. The zero-order valence-corrected chi connectivity index (χ0v) is 25.4. The van der Waals surface area contributed by atoms with Crippen molar-refractivity contribution in [3.05, 3.63) is 152 Å². The molecule has 3 aromatic heterocycles. The molecule has 0 fully saturated rings. The first-order chi connectivity index (χ1) is 22.8. The number of aromatic nitrogens is 5. The highest BCUT2D eigenvalue weighted by atomic mass is 32.1. The van der Waals surface area contributed by atoms with E-state index in [0.29, 0.717) is 5.82 Å². The van der Waals surface area contributed by atoms with Crippen molar-refractivity contribution in [2.24, 2.45) is 0 Å². The van der Waals surface area contributed by atoms with E-state index >= 15 is 0 Å². The van der Waals surface area contributed by atoms with Crippen LogP contribution in [0.1, 0.15) is 0 Å². The number of fused-ring (bicyclic) bond motifs is 5. The predicted molar refractivity (Wildman–Crippen MR) is 189 cm³/mol. The van der Waals surface area contributed by atoms with E-state index in [1.807, 2.05) is 36.4 Å². The van der Waals surface area contributed by atoms with Crippen LogP contribution in [-0.4, -0.2) is 23.3 Å². The number of nitrogens with zero attached hydrogens (tertiary/aromatic N) is 5. The average molecular weight is 608 g/mol. The van der Waals surface area contributed by atoms with E-state index in [1.54, 1.807) is 0 Å². The fourth-order valence-electron chi connectivity index (χ4n) is 6.31. The van der Waals surface area contributed by atoms with Crippen LogP contribution in [0.2, 0.25) is 0 Å². The topological polar surface area (TPSA) is 56.5 Å². The van der Waals surface area contributed by atoms with Gasteiger partial charge in [0.2, 0.25) is 0 Å². The Hall–Kier alpha value is -5.98. The van der Waals surface area contributed by atoms with Crippen molar-refractivity contribution in [2.45, 2.75) is 0 Å². The summed E-state index contributed by atoms with van der Waals surface area (Å²) >= 11 is 1.26. The first kappa shape index (κ1) is 26.4. The summed E-state index contributed by atoms with van der Waals surface area (Å²) in [5, 5.41) is 2.33. The fraction of sp³-hybridized carbons (Fsp3) is 0. The van der Waals surface area contributed by atoms with Crippen LogP contribution in [0.15, 0.2) is 152 Å². The van der Waals surface area contributed by atoms with Gasteiger partial charge in [0, 0.05) is 33.2 Å². The molecule has 0 aliphatic heterocycles. The molecule has 216 valence electrons. The second-order valence-electron chi connectivity index (χ2n) is 11.3. The first-order valence-electron chi connectivity index (χ1n) is 15.2. The van der Waals surface area contributed by atoms with Gasteiger partial charge in [-0.2, -0.15) is 8.75 Å². The van der Waals surface area contributed by atoms with Gasteiger partial charge in [-0.15, -0.1) is 0 Å². The molecule has 9 aromatic rings. The van der Waals surface area contributed by atoms with Crippen molar-refractivity contribution in [3.63, 3.8) is 0 Å². The van der Waals surface area contributed by atoms with Crippen molar-refractivity contribution in [2.75, 3.05) is 0 Å². The number of hydrogen-bond donors (Lipinski definition) is 0. The van der Waals surface area contributed by atoms with Gasteiger partial charge in [-0.05, 0) is 53.6 Å². The van der Waals surface area contributed by atoms with Crippen LogP contribution in [0.25, 0.3) is 83.6 Å². The number of para-hydroxylation sites is 1. The minimum absolute atomic E-state index is 0.712. The fourth-order valence-corrected chi connectivity index (χ4v) is 6.85. The third kappa shape index (κ3) is 4.47. The Morgan fingerprint density at radius 1 is 0.457 bits per heavy atom. The second-order valence-corrected chi connectivity index (χ2v) is 11.8. The van der Waals surface area contributed by atoms with Gasteiger partial charge in [0.15, 0.2) is 5.82 Å².